The molecular weight excluding hydrogens is 483 g/mol. The molecular formula is C26H27FN4O6. The van der Waals surface area contributed by atoms with Crippen LogP contribution in [0.3, 0.4) is 0 Å². The second-order valence-electron chi connectivity index (χ2n) is 7.17. The van der Waals surface area contributed by atoms with Crippen molar-refractivity contribution in [1.82, 2.24) is 0 Å². The molecule has 1 amide bonds. The van der Waals surface area contributed by atoms with E-state index in [9.17, 15) is 14.0 Å². The molecule has 11 heteroatoms. The van der Waals surface area contributed by atoms with Crippen molar-refractivity contribution in [2.24, 2.45) is 0 Å². The van der Waals surface area contributed by atoms with Crippen LogP contribution >= 0.6 is 0 Å². The number of carboxylic acid groups (broad SMARTS) is 1. The Morgan fingerprint density at radius 1 is 0.865 bits per heavy atom. The number of nitrogens with one attached hydrogen (secondary N) is 1. The first-order valence-electron chi connectivity index (χ1n) is 10.6. The van der Waals surface area contributed by atoms with E-state index in [4.69, 9.17) is 31.8 Å². The van der Waals surface area contributed by atoms with Crippen molar-refractivity contribution >= 4 is 34.6 Å². The standard InChI is InChI=1S/C14H13FN2O2.C7H10N2O.C5H4O3/c1-19-13-8-9(6-7-12(13)16)17-14(18)10-4-2-3-5-11(10)15;1-10-7-4-5(8)2-3-6(7)9;6-5(7)4-2-1-3-8-4/h2-8H,16H2,1H3,(H,17,18);2-4H,8-9H2,1H3;1-3H,(H,6,7). The number of carbonyl (C=O) groups is 2. The first-order chi connectivity index (χ1) is 17.7. The molecule has 8 N–H and O–H groups in total. The Labute approximate surface area is 212 Å². The Hall–Kier alpha value is -5.19. The molecule has 0 bridgehead atoms. The van der Waals surface area contributed by atoms with Crippen LogP contribution in [-0.2, 0) is 0 Å². The highest BCUT2D eigenvalue weighted by molar-refractivity contribution is 6.04. The Kier molecular flexibility index (Phi) is 10.3. The quantitative estimate of drug-likeness (QED) is 0.242. The lowest BCUT2D eigenvalue weighted by atomic mass is 10.2. The summed E-state index contributed by atoms with van der Waals surface area (Å²) in [6, 6.07) is 18.6. The minimum absolute atomic E-state index is 0.0155. The molecule has 4 rings (SSSR count). The summed E-state index contributed by atoms with van der Waals surface area (Å²) in [6.45, 7) is 0. The molecule has 10 nitrogen and oxygen atoms in total. The number of methoxy groups -OCH3 is 2. The van der Waals surface area contributed by atoms with E-state index in [0.29, 0.717) is 34.2 Å². The number of ether oxygens (including phenoxy) is 2. The van der Waals surface area contributed by atoms with Gasteiger partial charge in [0.15, 0.2) is 0 Å². The summed E-state index contributed by atoms with van der Waals surface area (Å²) in [5, 5.41) is 10.8. The molecule has 0 radical (unpaired) electrons. The number of hydrogen-bond acceptors (Lipinski definition) is 8. The highest BCUT2D eigenvalue weighted by atomic mass is 19.1. The Balaban J connectivity index is 0.000000223. The lowest BCUT2D eigenvalue weighted by Gasteiger charge is -2.09. The van der Waals surface area contributed by atoms with Crippen LogP contribution < -0.4 is 32.0 Å². The van der Waals surface area contributed by atoms with Gasteiger partial charge >= 0.3 is 5.97 Å². The first-order valence-corrected chi connectivity index (χ1v) is 10.6. The van der Waals surface area contributed by atoms with Gasteiger partial charge in [-0.05, 0) is 48.5 Å². The third kappa shape index (κ3) is 8.51. The molecule has 37 heavy (non-hydrogen) atoms. The zero-order valence-electron chi connectivity index (χ0n) is 20.1. The zero-order valence-corrected chi connectivity index (χ0v) is 20.1. The van der Waals surface area contributed by atoms with Crippen LogP contribution in [-0.4, -0.2) is 31.2 Å². The maximum atomic E-state index is 13.4. The van der Waals surface area contributed by atoms with Gasteiger partial charge in [0.2, 0.25) is 5.76 Å². The fourth-order valence-electron chi connectivity index (χ4n) is 2.76. The number of furan rings is 1. The predicted molar refractivity (Wildman–Crippen MR) is 139 cm³/mol. The summed E-state index contributed by atoms with van der Waals surface area (Å²) in [5.41, 5.74) is 18.9. The lowest BCUT2D eigenvalue weighted by molar-refractivity contribution is 0.0662. The fourth-order valence-corrected chi connectivity index (χ4v) is 2.76. The summed E-state index contributed by atoms with van der Waals surface area (Å²) in [6.07, 6.45) is 1.32. The molecule has 0 aliphatic carbocycles. The predicted octanol–water partition coefficient (Wildman–Crippen LogP) is 4.51. The second kappa shape index (κ2) is 13.6. The van der Waals surface area contributed by atoms with E-state index in [0.717, 1.165) is 0 Å². The normalized spacial score (nSPS) is 9.59. The van der Waals surface area contributed by atoms with Crippen LogP contribution in [0.15, 0.2) is 83.5 Å². The molecule has 0 unspecified atom stereocenters. The number of anilines is 4. The number of nitrogens with two attached hydrogens (primary N) is 3. The monoisotopic (exact) mass is 510 g/mol. The van der Waals surface area contributed by atoms with Crippen molar-refractivity contribution in [3.05, 3.63) is 96.2 Å². The Morgan fingerprint density at radius 2 is 1.49 bits per heavy atom. The van der Waals surface area contributed by atoms with Gasteiger partial charge in [0.1, 0.15) is 17.3 Å². The minimum atomic E-state index is -1.03. The van der Waals surface area contributed by atoms with Gasteiger partial charge in [0.05, 0.1) is 37.4 Å². The molecule has 0 fully saturated rings. The van der Waals surface area contributed by atoms with Crippen molar-refractivity contribution in [2.75, 3.05) is 36.7 Å². The van der Waals surface area contributed by atoms with Crippen molar-refractivity contribution < 1.29 is 33.0 Å². The summed E-state index contributed by atoms with van der Waals surface area (Å²) in [4.78, 5) is 21.9. The van der Waals surface area contributed by atoms with Gasteiger partial charge in [-0.25, -0.2) is 9.18 Å². The highest BCUT2D eigenvalue weighted by Crippen LogP contribution is 2.25. The number of rotatable bonds is 5. The summed E-state index contributed by atoms with van der Waals surface area (Å²) < 4.78 is 27.9. The first kappa shape index (κ1) is 28.1. The van der Waals surface area contributed by atoms with Crippen molar-refractivity contribution in [1.29, 1.82) is 0 Å². The number of carboxylic acids is 1. The molecule has 194 valence electrons. The molecule has 0 saturated carbocycles. The summed E-state index contributed by atoms with van der Waals surface area (Å²) >= 11 is 0. The van der Waals surface area contributed by atoms with Crippen LogP contribution in [0.2, 0.25) is 0 Å². The number of nitrogen functional groups attached to an aromatic ring is 3. The largest absolute Gasteiger partial charge is 0.495 e. The van der Waals surface area contributed by atoms with Gasteiger partial charge < -0.3 is 41.5 Å². The number of carbonyl (C=O) groups excluding carboxylic acids is 1. The van der Waals surface area contributed by atoms with Crippen LogP contribution in [0.25, 0.3) is 0 Å². The molecule has 0 aliphatic heterocycles. The van der Waals surface area contributed by atoms with Crippen LogP contribution in [0.4, 0.5) is 27.1 Å². The molecule has 1 heterocycles. The molecule has 0 atom stereocenters. The van der Waals surface area contributed by atoms with E-state index in [2.05, 4.69) is 9.73 Å². The maximum Gasteiger partial charge on any atom is 0.371 e. The number of aromatic carboxylic acids is 1. The lowest BCUT2D eigenvalue weighted by Crippen LogP contribution is -2.13. The third-order valence-electron chi connectivity index (χ3n) is 4.60. The number of amides is 1. The van der Waals surface area contributed by atoms with Gasteiger partial charge in [0, 0.05) is 23.5 Å². The highest BCUT2D eigenvalue weighted by Gasteiger charge is 2.11. The third-order valence-corrected chi connectivity index (χ3v) is 4.60. The van der Waals surface area contributed by atoms with Crippen LogP contribution in [0, 0.1) is 5.82 Å². The van der Waals surface area contributed by atoms with E-state index in [1.54, 1.807) is 49.6 Å². The molecule has 0 spiro atoms. The van der Waals surface area contributed by atoms with E-state index >= 15 is 0 Å². The second-order valence-corrected chi connectivity index (χ2v) is 7.17. The average Bonchev–Trinajstić information content (AvgIpc) is 3.43. The smallest absolute Gasteiger partial charge is 0.371 e. The Morgan fingerprint density at radius 3 is 2.00 bits per heavy atom. The van der Waals surface area contributed by atoms with Gasteiger partial charge in [-0.1, -0.05) is 12.1 Å². The van der Waals surface area contributed by atoms with E-state index < -0.39 is 17.7 Å². The van der Waals surface area contributed by atoms with E-state index in [1.807, 2.05) is 0 Å². The molecule has 3 aromatic carbocycles. The zero-order chi connectivity index (χ0) is 27.4. The van der Waals surface area contributed by atoms with E-state index in [-0.39, 0.29) is 11.3 Å². The SMILES string of the molecule is COc1cc(N)ccc1N.COc1cc(NC(=O)c2ccccc2F)ccc1N.O=C(O)c1ccco1. The molecule has 0 saturated heterocycles. The fraction of sp³-hybridized carbons (Fsp3) is 0.0769. The van der Waals surface area contributed by atoms with Crippen LogP contribution in [0.5, 0.6) is 11.5 Å². The van der Waals surface area contributed by atoms with E-state index in [1.165, 1.54) is 43.7 Å². The Bertz CT molecular complexity index is 1330. The molecule has 4 aromatic rings. The van der Waals surface area contributed by atoms with Crippen molar-refractivity contribution in [3.63, 3.8) is 0 Å². The molecule has 0 aliphatic rings. The maximum absolute atomic E-state index is 13.4. The topological polar surface area (TPSA) is 176 Å². The molecule has 1 aromatic heterocycles. The minimum Gasteiger partial charge on any atom is -0.495 e. The van der Waals surface area contributed by atoms with Gasteiger partial charge in [-0.15, -0.1) is 0 Å². The summed E-state index contributed by atoms with van der Waals surface area (Å²) in [5.74, 6) is -1.07. The number of benzene rings is 3. The number of hydrogen-bond donors (Lipinski definition) is 5. The van der Waals surface area contributed by atoms with Crippen molar-refractivity contribution in [2.45, 2.75) is 0 Å². The van der Waals surface area contributed by atoms with Gasteiger partial charge in [0.25, 0.3) is 5.91 Å². The van der Waals surface area contributed by atoms with Gasteiger partial charge in [-0.2, -0.15) is 0 Å². The van der Waals surface area contributed by atoms with Gasteiger partial charge in [-0.3, -0.25) is 4.79 Å². The average molecular weight is 511 g/mol. The van der Waals surface area contributed by atoms with Crippen molar-refractivity contribution in [3.8, 4) is 11.5 Å². The summed E-state index contributed by atoms with van der Waals surface area (Å²) in [7, 11) is 3.04. The number of halogens is 1. The van der Waals surface area contributed by atoms with Crippen LogP contribution in [0.1, 0.15) is 20.9 Å².